The highest BCUT2D eigenvalue weighted by molar-refractivity contribution is 6.30. The monoisotopic (exact) mass is 527 g/mol. The van der Waals surface area contributed by atoms with Gasteiger partial charge in [0.25, 0.3) is 0 Å². The highest BCUT2D eigenvalue weighted by Crippen LogP contribution is 2.32. The molecule has 0 saturated carbocycles. The van der Waals surface area contributed by atoms with Gasteiger partial charge in [-0.15, -0.1) is 0 Å². The van der Waals surface area contributed by atoms with Crippen LogP contribution in [-0.2, 0) is 6.54 Å². The zero-order valence-corrected chi connectivity index (χ0v) is 22.0. The number of carbonyl (C=O) groups is 1. The first-order valence-electron chi connectivity index (χ1n) is 12.6. The van der Waals surface area contributed by atoms with Crippen molar-refractivity contribution in [3.05, 3.63) is 107 Å². The van der Waals surface area contributed by atoms with Crippen molar-refractivity contribution in [2.45, 2.75) is 6.54 Å². The minimum Gasteiger partial charge on any atom is -0.478 e. The fourth-order valence-electron chi connectivity index (χ4n) is 4.79. The molecule has 0 spiro atoms. The Kier molecular flexibility index (Phi) is 7.82. The third-order valence-corrected chi connectivity index (χ3v) is 7.10. The van der Waals surface area contributed by atoms with Gasteiger partial charge in [0.2, 0.25) is 0 Å². The Bertz CT molecular complexity index is 1420. The minimum absolute atomic E-state index is 0.140. The van der Waals surface area contributed by atoms with Crippen LogP contribution in [0, 0.1) is 0 Å². The number of piperazine rings is 1. The van der Waals surface area contributed by atoms with Crippen LogP contribution in [0.15, 0.2) is 91.0 Å². The SMILES string of the molecule is CNc1cccc(Oc2cc(N3CCN(Cc4ccccc4-c4ccc(Cl)cc4)CC3)ccc2C(=O)O)c1. The topological polar surface area (TPSA) is 65.0 Å². The molecule has 2 N–H and O–H groups in total. The molecule has 1 aliphatic heterocycles. The third-order valence-electron chi connectivity index (χ3n) is 6.85. The van der Waals surface area contributed by atoms with Gasteiger partial charge in [-0.3, -0.25) is 4.90 Å². The number of benzene rings is 4. The average molecular weight is 528 g/mol. The summed E-state index contributed by atoms with van der Waals surface area (Å²) in [4.78, 5) is 16.6. The van der Waals surface area contributed by atoms with Gasteiger partial charge in [0.1, 0.15) is 17.1 Å². The van der Waals surface area contributed by atoms with Crippen LogP contribution in [0.3, 0.4) is 0 Å². The molecule has 4 aromatic carbocycles. The van der Waals surface area contributed by atoms with Crippen LogP contribution < -0.4 is 15.0 Å². The van der Waals surface area contributed by atoms with E-state index in [1.54, 1.807) is 6.07 Å². The van der Waals surface area contributed by atoms with E-state index in [0.29, 0.717) is 11.5 Å². The second-order valence-corrected chi connectivity index (χ2v) is 9.73. The van der Waals surface area contributed by atoms with Crippen LogP contribution in [0.4, 0.5) is 11.4 Å². The van der Waals surface area contributed by atoms with Crippen LogP contribution in [0.2, 0.25) is 5.02 Å². The fourth-order valence-corrected chi connectivity index (χ4v) is 4.91. The smallest absolute Gasteiger partial charge is 0.339 e. The summed E-state index contributed by atoms with van der Waals surface area (Å²) >= 11 is 6.09. The number of nitrogens with zero attached hydrogens (tertiary/aromatic N) is 2. The number of hydrogen-bond donors (Lipinski definition) is 2. The Morgan fingerprint density at radius 2 is 1.68 bits per heavy atom. The van der Waals surface area contributed by atoms with Crippen molar-refractivity contribution in [2.75, 3.05) is 43.4 Å². The molecule has 0 bridgehead atoms. The third kappa shape index (κ3) is 5.93. The van der Waals surface area contributed by atoms with Crippen molar-refractivity contribution in [3.63, 3.8) is 0 Å². The summed E-state index contributed by atoms with van der Waals surface area (Å²) in [7, 11) is 1.83. The summed E-state index contributed by atoms with van der Waals surface area (Å²) in [6.45, 7) is 4.33. The standard InChI is InChI=1S/C31H30ClN3O3/c1-33-25-6-4-7-27(19-25)38-30-20-26(13-14-29(30)31(36)37)35-17-15-34(16-18-35)21-23-5-2-3-8-28(23)22-9-11-24(32)12-10-22/h2-14,19-20,33H,15-18,21H2,1H3,(H,36,37). The molecule has 7 heteroatoms. The van der Waals surface area contributed by atoms with Gasteiger partial charge >= 0.3 is 5.97 Å². The molecule has 0 radical (unpaired) electrons. The zero-order valence-electron chi connectivity index (χ0n) is 21.2. The normalized spacial score (nSPS) is 13.8. The fraction of sp³-hybridized carbons (Fsp3) is 0.194. The summed E-state index contributed by atoms with van der Waals surface area (Å²) < 4.78 is 6.04. The Morgan fingerprint density at radius 3 is 2.42 bits per heavy atom. The molecule has 0 aliphatic carbocycles. The van der Waals surface area contributed by atoms with E-state index in [4.69, 9.17) is 16.3 Å². The van der Waals surface area contributed by atoms with Crippen molar-refractivity contribution >= 4 is 28.9 Å². The first kappa shape index (κ1) is 25.6. The highest BCUT2D eigenvalue weighted by atomic mass is 35.5. The molecule has 0 aromatic heterocycles. The maximum Gasteiger partial charge on any atom is 0.339 e. The summed E-state index contributed by atoms with van der Waals surface area (Å²) in [6, 6.07) is 29.3. The molecular weight excluding hydrogens is 498 g/mol. The lowest BCUT2D eigenvalue weighted by molar-refractivity contribution is 0.0694. The Morgan fingerprint density at radius 1 is 0.921 bits per heavy atom. The van der Waals surface area contributed by atoms with Crippen LogP contribution in [0.1, 0.15) is 15.9 Å². The first-order valence-corrected chi connectivity index (χ1v) is 13.0. The highest BCUT2D eigenvalue weighted by Gasteiger charge is 2.21. The van der Waals surface area contributed by atoms with Gasteiger partial charge in [-0.05, 0) is 53.1 Å². The lowest BCUT2D eigenvalue weighted by Crippen LogP contribution is -2.46. The van der Waals surface area contributed by atoms with E-state index in [9.17, 15) is 9.90 Å². The summed E-state index contributed by atoms with van der Waals surface area (Å²) in [5.74, 6) is -0.0938. The minimum atomic E-state index is -1.01. The molecule has 1 saturated heterocycles. The number of rotatable bonds is 8. The van der Waals surface area contributed by atoms with Crippen molar-refractivity contribution in [1.82, 2.24) is 4.90 Å². The van der Waals surface area contributed by atoms with Gasteiger partial charge in [-0.2, -0.15) is 0 Å². The maximum absolute atomic E-state index is 11.9. The molecule has 1 aliphatic rings. The predicted molar refractivity (Wildman–Crippen MR) is 154 cm³/mol. The van der Waals surface area contributed by atoms with Crippen molar-refractivity contribution in [3.8, 4) is 22.6 Å². The quantitative estimate of drug-likeness (QED) is 0.261. The Balaban J connectivity index is 1.28. The van der Waals surface area contributed by atoms with Gasteiger partial charge in [-0.25, -0.2) is 4.79 Å². The molecule has 0 amide bonds. The molecule has 0 unspecified atom stereocenters. The molecule has 5 rings (SSSR count). The van der Waals surface area contributed by atoms with E-state index in [0.717, 1.165) is 54.7 Å². The van der Waals surface area contributed by atoms with E-state index < -0.39 is 5.97 Å². The summed E-state index contributed by atoms with van der Waals surface area (Å²) in [5, 5.41) is 13.5. The molecule has 0 atom stereocenters. The molecule has 6 nitrogen and oxygen atoms in total. The summed E-state index contributed by atoms with van der Waals surface area (Å²) in [6.07, 6.45) is 0. The number of halogens is 1. The molecule has 194 valence electrons. The van der Waals surface area contributed by atoms with Crippen molar-refractivity contribution in [2.24, 2.45) is 0 Å². The number of aromatic carboxylic acids is 1. The second-order valence-electron chi connectivity index (χ2n) is 9.29. The first-order chi connectivity index (χ1) is 18.5. The molecule has 1 fully saturated rings. The number of carboxylic acids is 1. The van der Waals surface area contributed by atoms with Crippen LogP contribution in [0.25, 0.3) is 11.1 Å². The van der Waals surface area contributed by atoms with Gasteiger partial charge in [0.05, 0.1) is 0 Å². The zero-order chi connectivity index (χ0) is 26.5. The lowest BCUT2D eigenvalue weighted by atomic mass is 9.99. The molecule has 38 heavy (non-hydrogen) atoms. The summed E-state index contributed by atoms with van der Waals surface area (Å²) in [5.41, 5.74) is 5.66. The van der Waals surface area contributed by atoms with E-state index in [1.165, 1.54) is 11.1 Å². The van der Waals surface area contributed by atoms with Crippen LogP contribution >= 0.6 is 11.6 Å². The van der Waals surface area contributed by atoms with Gasteiger partial charge in [0.15, 0.2) is 0 Å². The largest absolute Gasteiger partial charge is 0.478 e. The van der Waals surface area contributed by atoms with E-state index in [2.05, 4.69) is 51.5 Å². The van der Waals surface area contributed by atoms with Crippen LogP contribution in [-0.4, -0.2) is 49.2 Å². The molecule has 1 heterocycles. The number of carboxylic acid groups (broad SMARTS) is 1. The van der Waals surface area contributed by atoms with Crippen molar-refractivity contribution < 1.29 is 14.6 Å². The lowest BCUT2D eigenvalue weighted by Gasteiger charge is -2.36. The Hall–Kier alpha value is -4.00. The second kappa shape index (κ2) is 11.6. The number of anilines is 2. The van der Waals surface area contributed by atoms with Gasteiger partial charge < -0.3 is 20.1 Å². The average Bonchev–Trinajstić information content (AvgIpc) is 2.94. The van der Waals surface area contributed by atoms with E-state index in [-0.39, 0.29) is 5.56 Å². The Labute approximate surface area is 228 Å². The molecule has 4 aromatic rings. The van der Waals surface area contributed by atoms with E-state index >= 15 is 0 Å². The van der Waals surface area contributed by atoms with Gasteiger partial charge in [-0.1, -0.05) is 54.1 Å². The van der Waals surface area contributed by atoms with Crippen LogP contribution in [0.5, 0.6) is 11.5 Å². The maximum atomic E-state index is 11.9. The van der Waals surface area contributed by atoms with E-state index in [1.807, 2.05) is 55.6 Å². The molecular formula is C31H30ClN3O3. The number of ether oxygens (including phenoxy) is 1. The van der Waals surface area contributed by atoms with Crippen molar-refractivity contribution in [1.29, 1.82) is 0 Å². The number of hydrogen-bond acceptors (Lipinski definition) is 5. The van der Waals surface area contributed by atoms with Gasteiger partial charge in [0, 0.05) is 68.3 Å². The predicted octanol–water partition coefficient (Wildman–Crippen LogP) is 6.86. The number of nitrogens with one attached hydrogen (secondary N) is 1.